The van der Waals surface area contributed by atoms with Gasteiger partial charge in [0, 0.05) is 37.9 Å². The lowest BCUT2D eigenvalue weighted by atomic mass is 10.3. The molecule has 5 heteroatoms. The van der Waals surface area contributed by atoms with Gasteiger partial charge in [-0.3, -0.25) is 0 Å². The maximum absolute atomic E-state index is 4.26. The lowest BCUT2D eigenvalue weighted by Crippen LogP contribution is -2.27. The third kappa shape index (κ3) is 4.70. The van der Waals surface area contributed by atoms with E-state index in [1.165, 1.54) is 12.8 Å². The van der Waals surface area contributed by atoms with Crippen LogP contribution < -0.4 is 0 Å². The Morgan fingerprint density at radius 2 is 1.38 bits per heavy atom. The minimum absolute atomic E-state index is 1.06. The van der Waals surface area contributed by atoms with Crippen molar-refractivity contribution in [3.05, 3.63) is 36.4 Å². The van der Waals surface area contributed by atoms with Crippen molar-refractivity contribution in [2.75, 3.05) is 19.6 Å². The van der Waals surface area contributed by atoms with Crippen molar-refractivity contribution in [3.63, 3.8) is 0 Å². The molecular weight excluding hydrogens is 262 g/mol. The molecule has 0 N–H and O–H groups in total. The Morgan fingerprint density at radius 1 is 0.905 bits per heavy atom. The van der Waals surface area contributed by atoms with E-state index in [4.69, 9.17) is 0 Å². The Balaban J connectivity index is 1.66. The normalized spacial score (nSPS) is 11.4. The molecule has 5 nitrogen and oxygen atoms in total. The fourth-order valence-corrected chi connectivity index (χ4v) is 2.64. The Kier molecular flexibility index (Phi) is 5.99. The van der Waals surface area contributed by atoms with E-state index in [0.29, 0.717) is 0 Å². The minimum Gasteiger partial charge on any atom is -0.335 e. The number of imidazole rings is 2. The highest BCUT2D eigenvalue weighted by Gasteiger charge is 2.04. The van der Waals surface area contributed by atoms with E-state index in [2.05, 4.69) is 57.2 Å². The highest BCUT2D eigenvalue weighted by atomic mass is 15.1. The molecule has 0 aromatic carbocycles. The van der Waals surface area contributed by atoms with Crippen molar-refractivity contribution in [3.8, 4) is 0 Å². The van der Waals surface area contributed by atoms with Crippen molar-refractivity contribution in [1.29, 1.82) is 0 Å². The van der Waals surface area contributed by atoms with Gasteiger partial charge in [0.1, 0.15) is 11.6 Å². The predicted molar refractivity (Wildman–Crippen MR) is 85.3 cm³/mol. The van der Waals surface area contributed by atoms with Gasteiger partial charge in [0.25, 0.3) is 0 Å². The molecule has 0 bridgehead atoms. The third-order valence-corrected chi connectivity index (χ3v) is 4.04. The first-order valence-corrected chi connectivity index (χ1v) is 7.88. The Morgan fingerprint density at radius 3 is 1.71 bits per heavy atom. The van der Waals surface area contributed by atoms with Crippen LogP contribution >= 0.6 is 0 Å². The van der Waals surface area contributed by atoms with Crippen LogP contribution in [0.1, 0.15) is 31.4 Å². The molecule has 0 amide bonds. The van der Waals surface area contributed by atoms with Crippen LogP contribution in [0.25, 0.3) is 0 Å². The van der Waals surface area contributed by atoms with Gasteiger partial charge in [-0.05, 0) is 46.3 Å². The highest BCUT2D eigenvalue weighted by Crippen LogP contribution is 2.02. The lowest BCUT2D eigenvalue weighted by Gasteiger charge is -2.20. The van der Waals surface area contributed by atoms with Gasteiger partial charge < -0.3 is 14.0 Å². The van der Waals surface area contributed by atoms with Crippen molar-refractivity contribution in [1.82, 2.24) is 24.0 Å². The van der Waals surface area contributed by atoms with Crippen molar-refractivity contribution in [2.45, 2.75) is 46.7 Å². The number of hydrogen-bond acceptors (Lipinski definition) is 3. The van der Waals surface area contributed by atoms with Gasteiger partial charge in [-0.2, -0.15) is 0 Å². The Bertz CT molecular complexity index is 482. The lowest BCUT2D eigenvalue weighted by molar-refractivity contribution is 0.269. The number of aryl methyl sites for hydroxylation is 4. The second-order valence-electron chi connectivity index (χ2n) is 5.48. The first-order valence-electron chi connectivity index (χ1n) is 7.88. The van der Waals surface area contributed by atoms with E-state index in [9.17, 15) is 0 Å². The van der Waals surface area contributed by atoms with Gasteiger partial charge in [-0.1, -0.05) is 6.92 Å². The summed E-state index contributed by atoms with van der Waals surface area (Å²) in [6.07, 6.45) is 10.2. The zero-order chi connectivity index (χ0) is 15.1. The van der Waals surface area contributed by atoms with E-state index >= 15 is 0 Å². The first-order chi connectivity index (χ1) is 10.2. The predicted octanol–water partition coefficient (Wildman–Crippen LogP) is 2.50. The molecule has 0 radical (unpaired) electrons. The van der Waals surface area contributed by atoms with Crippen LogP contribution in [0.2, 0.25) is 0 Å². The van der Waals surface area contributed by atoms with Crippen LogP contribution in [0.15, 0.2) is 24.8 Å². The fraction of sp³-hybridized carbons (Fsp3) is 0.625. The number of aromatic nitrogens is 4. The van der Waals surface area contributed by atoms with Crippen LogP contribution in [0.3, 0.4) is 0 Å². The van der Waals surface area contributed by atoms with E-state index in [-0.39, 0.29) is 0 Å². The summed E-state index contributed by atoms with van der Waals surface area (Å²) in [6, 6.07) is 0. The topological polar surface area (TPSA) is 38.9 Å². The quantitative estimate of drug-likeness (QED) is 0.712. The van der Waals surface area contributed by atoms with Crippen LogP contribution in [0.5, 0.6) is 0 Å². The minimum atomic E-state index is 1.06. The largest absolute Gasteiger partial charge is 0.335 e. The number of nitrogens with zero attached hydrogens (tertiary/aromatic N) is 5. The molecule has 0 saturated carbocycles. The molecule has 2 aromatic rings. The van der Waals surface area contributed by atoms with Crippen molar-refractivity contribution in [2.24, 2.45) is 0 Å². The van der Waals surface area contributed by atoms with Gasteiger partial charge in [0.15, 0.2) is 0 Å². The smallest absolute Gasteiger partial charge is 0.105 e. The maximum atomic E-state index is 4.26. The summed E-state index contributed by atoms with van der Waals surface area (Å²) < 4.78 is 4.45. The van der Waals surface area contributed by atoms with Crippen LogP contribution in [0, 0.1) is 13.8 Å². The second-order valence-corrected chi connectivity index (χ2v) is 5.48. The molecule has 0 aliphatic rings. The molecule has 2 aromatic heterocycles. The molecular formula is C16H27N5. The summed E-state index contributed by atoms with van der Waals surface area (Å²) >= 11 is 0. The van der Waals surface area contributed by atoms with E-state index < -0.39 is 0 Å². The summed E-state index contributed by atoms with van der Waals surface area (Å²) in [6.45, 7) is 11.9. The monoisotopic (exact) mass is 289 g/mol. The average Bonchev–Trinajstić information content (AvgIpc) is 3.06. The molecule has 0 fully saturated rings. The van der Waals surface area contributed by atoms with Crippen molar-refractivity contribution >= 4 is 0 Å². The van der Waals surface area contributed by atoms with Gasteiger partial charge in [-0.15, -0.1) is 0 Å². The maximum Gasteiger partial charge on any atom is 0.105 e. The molecule has 0 aliphatic carbocycles. The number of rotatable bonds is 9. The molecule has 21 heavy (non-hydrogen) atoms. The zero-order valence-corrected chi connectivity index (χ0v) is 13.5. The summed E-state index contributed by atoms with van der Waals surface area (Å²) in [5, 5.41) is 0. The first kappa shape index (κ1) is 15.8. The van der Waals surface area contributed by atoms with E-state index in [1.54, 1.807) is 0 Å². The molecule has 0 aliphatic heterocycles. The molecule has 2 rings (SSSR count). The molecule has 0 saturated heterocycles. The van der Waals surface area contributed by atoms with Crippen LogP contribution in [0.4, 0.5) is 0 Å². The van der Waals surface area contributed by atoms with Gasteiger partial charge >= 0.3 is 0 Å². The van der Waals surface area contributed by atoms with Crippen LogP contribution in [-0.2, 0) is 13.1 Å². The van der Waals surface area contributed by atoms with Gasteiger partial charge in [0.05, 0.1) is 0 Å². The van der Waals surface area contributed by atoms with E-state index in [1.807, 2.05) is 12.4 Å². The zero-order valence-electron chi connectivity index (χ0n) is 13.5. The summed E-state index contributed by atoms with van der Waals surface area (Å²) in [5.74, 6) is 2.21. The average molecular weight is 289 g/mol. The molecule has 0 atom stereocenters. The fourth-order valence-electron chi connectivity index (χ4n) is 2.64. The van der Waals surface area contributed by atoms with Crippen molar-refractivity contribution < 1.29 is 0 Å². The molecule has 0 unspecified atom stereocenters. The third-order valence-electron chi connectivity index (χ3n) is 4.04. The second kappa shape index (κ2) is 7.98. The highest BCUT2D eigenvalue weighted by molar-refractivity contribution is 4.89. The molecule has 0 spiro atoms. The van der Waals surface area contributed by atoms with Gasteiger partial charge in [-0.25, -0.2) is 9.97 Å². The summed E-state index contributed by atoms with van der Waals surface area (Å²) in [7, 11) is 0. The van der Waals surface area contributed by atoms with Gasteiger partial charge in [0.2, 0.25) is 0 Å². The SMILES string of the molecule is CCN(CCCn1ccnc1C)CCCn1ccnc1C. The Hall–Kier alpha value is -1.62. The molecule has 116 valence electrons. The summed E-state index contributed by atoms with van der Waals surface area (Å²) in [5.41, 5.74) is 0. The number of hydrogen-bond donors (Lipinski definition) is 0. The molecule has 2 heterocycles. The standard InChI is InChI=1S/C16H27N5/c1-4-19(9-5-11-20-13-7-17-15(20)2)10-6-12-21-14-8-18-16(21)3/h7-8,13-14H,4-6,9-12H2,1-3H3. The Labute approximate surface area is 127 Å². The summed E-state index contributed by atoms with van der Waals surface area (Å²) in [4.78, 5) is 11.0. The van der Waals surface area contributed by atoms with E-state index in [0.717, 1.165) is 44.4 Å². The van der Waals surface area contributed by atoms with Crippen LogP contribution in [-0.4, -0.2) is 43.6 Å².